The van der Waals surface area contributed by atoms with Crippen LogP contribution in [0.15, 0.2) is 0 Å². The number of nitrogens with one attached hydrogen (secondary N) is 1. The molecule has 16 heavy (non-hydrogen) atoms. The summed E-state index contributed by atoms with van der Waals surface area (Å²) < 4.78 is 0. The van der Waals surface area contributed by atoms with Crippen LogP contribution in [0.1, 0.15) is 38.5 Å². The number of hydrogen-bond acceptors (Lipinski definition) is 3. The molecule has 4 heteroatoms. The van der Waals surface area contributed by atoms with Crippen LogP contribution in [0, 0.1) is 5.92 Å². The zero-order valence-corrected chi connectivity index (χ0v) is 11.0. The highest BCUT2D eigenvalue weighted by Gasteiger charge is 2.26. The predicted octanol–water partition coefficient (Wildman–Crippen LogP) is 1.76. The van der Waals surface area contributed by atoms with Crippen LogP contribution in [0.25, 0.3) is 0 Å². The van der Waals surface area contributed by atoms with E-state index >= 15 is 0 Å². The molecule has 0 aliphatic heterocycles. The minimum Gasteiger partial charge on any atom is -0.356 e. The van der Waals surface area contributed by atoms with E-state index in [0.29, 0.717) is 0 Å². The molecular formula is C12H24N2OS. The van der Waals surface area contributed by atoms with Crippen LogP contribution in [0.5, 0.6) is 0 Å². The number of amides is 1. The molecule has 3 nitrogen and oxygen atoms in total. The molecule has 2 unspecified atom stereocenters. The van der Waals surface area contributed by atoms with E-state index in [0.717, 1.165) is 38.0 Å². The molecule has 3 N–H and O–H groups in total. The molecule has 0 aromatic heterocycles. The summed E-state index contributed by atoms with van der Waals surface area (Å²) in [6.07, 6.45) is 8.66. The standard InChI is InChI=1S/C12H24N2OS/c1-16-9-5-8-14-12(15)10-6-3-2-4-7-11(10)13/h10-11H,2-9,13H2,1H3,(H,14,15). The second-order valence-corrected chi connectivity index (χ2v) is 5.53. The number of carbonyl (C=O) groups excluding carboxylic acids is 1. The van der Waals surface area contributed by atoms with Crippen molar-refractivity contribution in [3.05, 3.63) is 0 Å². The van der Waals surface area contributed by atoms with Gasteiger partial charge in [0.2, 0.25) is 5.91 Å². The summed E-state index contributed by atoms with van der Waals surface area (Å²) in [5.41, 5.74) is 6.05. The van der Waals surface area contributed by atoms with Crippen molar-refractivity contribution in [1.29, 1.82) is 0 Å². The Morgan fingerprint density at radius 3 is 2.88 bits per heavy atom. The van der Waals surface area contributed by atoms with Crippen LogP contribution in [0.3, 0.4) is 0 Å². The Bertz CT molecular complexity index is 211. The molecule has 0 bridgehead atoms. The summed E-state index contributed by atoms with van der Waals surface area (Å²) in [5, 5.41) is 3.01. The lowest BCUT2D eigenvalue weighted by atomic mass is 9.94. The largest absolute Gasteiger partial charge is 0.356 e. The lowest BCUT2D eigenvalue weighted by Gasteiger charge is -2.20. The Kier molecular flexibility index (Phi) is 6.88. The molecule has 0 aromatic rings. The van der Waals surface area contributed by atoms with Crippen LogP contribution < -0.4 is 11.1 Å². The van der Waals surface area contributed by atoms with Crippen molar-refractivity contribution in [3.8, 4) is 0 Å². The second-order valence-electron chi connectivity index (χ2n) is 4.55. The van der Waals surface area contributed by atoms with Crippen molar-refractivity contribution < 1.29 is 4.79 Å². The summed E-state index contributed by atoms with van der Waals surface area (Å²) in [7, 11) is 0. The number of carbonyl (C=O) groups is 1. The molecule has 1 amide bonds. The average molecular weight is 244 g/mol. The molecule has 0 spiro atoms. The van der Waals surface area contributed by atoms with Crippen molar-refractivity contribution in [2.24, 2.45) is 11.7 Å². The van der Waals surface area contributed by atoms with E-state index < -0.39 is 0 Å². The molecule has 0 aromatic carbocycles. The molecule has 94 valence electrons. The Balaban J connectivity index is 2.27. The Hall–Kier alpha value is -0.220. The third-order valence-corrected chi connectivity index (χ3v) is 3.93. The second kappa shape index (κ2) is 7.96. The van der Waals surface area contributed by atoms with Gasteiger partial charge in [-0.15, -0.1) is 0 Å². The SMILES string of the molecule is CSCCCNC(=O)C1CCCCCC1N. The molecule has 2 atom stereocenters. The molecule has 1 aliphatic rings. The molecule has 0 heterocycles. The zero-order chi connectivity index (χ0) is 11.8. The Morgan fingerprint density at radius 1 is 1.38 bits per heavy atom. The van der Waals surface area contributed by atoms with Crippen LogP contribution in [-0.2, 0) is 4.79 Å². The molecule has 0 radical (unpaired) electrons. The Morgan fingerprint density at radius 2 is 2.12 bits per heavy atom. The quantitative estimate of drug-likeness (QED) is 0.572. The maximum absolute atomic E-state index is 11.9. The number of nitrogens with two attached hydrogens (primary N) is 1. The number of rotatable bonds is 5. The van der Waals surface area contributed by atoms with E-state index in [1.165, 1.54) is 12.8 Å². The van der Waals surface area contributed by atoms with Gasteiger partial charge in [0.1, 0.15) is 0 Å². The van der Waals surface area contributed by atoms with Gasteiger partial charge in [0.25, 0.3) is 0 Å². The normalized spacial score (nSPS) is 26.1. The highest BCUT2D eigenvalue weighted by molar-refractivity contribution is 7.98. The lowest BCUT2D eigenvalue weighted by Crippen LogP contribution is -2.41. The fourth-order valence-corrected chi connectivity index (χ4v) is 2.65. The first-order valence-electron chi connectivity index (χ1n) is 6.28. The molecule has 1 fully saturated rings. The smallest absolute Gasteiger partial charge is 0.224 e. The number of hydrogen-bond donors (Lipinski definition) is 2. The first kappa shape index (κ1) is 13.8. The van der Waals surface area contributed by atoms with Crippen LogP contribution in [0.2, 0.25) is 0 Å². The average Bonchev–Trinajstić information content (AvgIpc) is 2.49. The summed E-state index contributed by atoms with van der Waals surface area (Å²) in [6.45, 7) is 0.795. The fourth-order valence-electron chi connectivity index (χ4n) is 2.22. The van der Waals surface area contributed by atoms with Crippen molar-refractivity contribution in [2.75, 3.05) is 18.6 Å². The monoisotopic (exact) mass is 244 g/mol. The fraction of sp³-hybridized carbons (Fsp3) is 0.917. The molecule has 1 rings (SSSR count). The molecule has 0 saturated heterocycles. The maximum atomic E-state index is 11.9. The van der Waals surface area contributed by atoms with Gasteiger partial charge in [-0.1, -0.05) is 19.3 Å². The summed E-state index contributed by atoms with van der Waals surface area (Å²) in [4.78, 5) is 11.9. The van der Waals surface area contributed by atoms with Gasteiger partial charge >= 0.3 is 0 Å². The van der Waals surface area contributed by atoms with E-state index in [1.54, 1.807) is 0 Å². The maximum Gasteiger partial charge on any atom is 0.224 e. The van der Waals surface area contributed by atoms with Crippen molar-refractivity contribution in [1.82, 2.24) is 5.32 Å². The third kappa shape index (κ3) is 4.74. The van der Waals surface area contributed by atoms with Crippen molar-refractivity contribution in [2.45, 2.75) is 44.6 Å². The Labute approximate surface area is 103 Å². The highest BCUT2D eigenvalue weighted by Crippen LogP contribution is 2.22. The van der Waals surface area contributed by atoms with Crippen LogP contribution in [-0.4, -0.2) is 30.5 Å². The zero-order valence-electron chi connectivity index (χ0n) is 10.2. The van der Waals surface area contributed by atoms with E-state index in [9.17, 15) is 4.79 Å². The molecule has 1 saturated carbocycles. The van der Waals surface area contributed by atoms with E-state index in [4.69, 9.17) is 5.73 Å². The minimum atomic E-state index is 0.0526. The third-order valence-electron chi connectivity index (χ3n) is 3.23. The highest BCUT2D eigenvalue weighted by atomic mass is 32.2. The molecular weight excluding hydrogens is 220 g/mol. The van der Waals surface area contributed by atoms with E-state index in [1.807, 2.05) is 11.8 Å². The minimum absolute atomic E-state index is 0.0526. The number of thioether (sulfide) groups is 1. The van der Waals surface area contributed by atoms with Crippen LogP contribution >= 0.6 is 11.8 Å². The summed E-state index contributed by atoms with van der Waals surface area (Å²) in [6, 6.07) is 0.0723. The lowest BCUT2D eigenvalue weighted by molar-refractivity contribution is -0.125. The van der Waals surface area contributed by atoms with Gasteiger partial charge in [0.15, 0.2) is 0 Å². The van der Waals surface area contributed by atoms with E-state index in [2.05, 4.69) is 11.6 Å². The first-order chi connectivity index (χ1) is 7.75. The first-order valence-corrected chi connectivity index (χ1v) is 7.67. The van der Waals surface area contributed by atoms with Gasteiger partial charge in [0.05, 0.1) is 5.92 Å². The summed E-state index contributed by atoms with van der Waals surface area (Å²) >= 11 is 1.82. The summed E-state index contributed by atoms with van der Waals surface area (Å²) in [5.74, 6) is 1.34. The topological polar surface area (TPSA) is 55.1 Å². The van der Waals surface area contributed by atoms with Gasteiger partial charge in [-0.25, -0.2) is 0 Å². The van der Waals surface area contributed by atoms with Gasteiger partial charge in [-0.2, -0.15) is 11.8 Å². The van der Waals surface area contributed by atoms with Gasteiger partial charge in [-0.05, 0) is 31.3 Å². The van der Waals surface area contributed by atoms with E-state index in [-0.39, 0.29) is 17.9 Å². The van der Waals surface area contributed by atoms with Crippen LogP contribution in [0.4, 0.5) is 0 Å². The van der Waals surface area contributed by atoms with Crippen molar-refractivity contribution in [3.63, 3.8) is 0 Å². The van der Waals surface area contributed by atoms with Crippen molar-refractivity contribution >= 4 is 17.7 Å². The predicted molar refractivity (Wildman–Crippen MR) is 70.6 cm³/mol. The van der Waals surface area contributed by atoms with Gasteiger partial charge < -0.3 is 11.1 Å². The van der Waals surface area contributed by atoms with Gasteiger partial charge in [-0.3, -0.25) is 4.79 Å². The molecule has 1 aliphatic carbocycles. The van der Waals surface area contributed by atoms with Gasteiger partial charge in [0, 0.05) is 12.6 Å².